The van der Waals surface area contributed by atoms with E-state index in [0.29, 0.717) is 17.9 Å². The van der Waals surface area contributed by atoms with Gasteiger partial charge in [-0.05, 0) is 38.0 Å². The second-order valence-electron chi connectivity index (χ2n) is 6.22. The van der Waals surface area contributed by atoms with E-state index in [1.165, 1.54) is 11.1 Å². The van der Waals surface area contributed by atoms with Gasteiger partial charge < -0.3 is 9.80 Å². The van der Waals surface area contributed by atoms with Gasteiger partial charge in [0.1, 0.15) is 5.82 Å². The van der Waals surface area contributed by atoms with Crippen LogP contribution in [-0.4, -0.2) is 43.1 Å². The molecule has 0 saturated carbocycles. The maximum absolute atomic E-state index is 11.6. The number of rotatable bonds is 7. The minimum Gasteiger partial charge on any atom is -0.366 e. The van der Waals surface area contributed by atoms with Crippen LogP contribution in [-0.2, 0) is 6.54 Å². The molecule has 2 rings (SSSR count). The number of pyridine rings is 1. The predicted octanol–water partition coefficient (Wildman–Crippen LogP) is 3.76. The van der Waals surface area contributed by atoms with E-state index in [1.54, 1.807) is 12.4 Å². The molecule has 1 heterocycles. The van der Waals surface area contributed by atoms with Crippen molar-refractivity contribution in [2.24, 2.45) is 4.99 Å². The van der Waals surface area contributed by atoms with Crippen molar-refractivity contribution in [3.8, 4) is 0 Å². The summed E-state index contributed by atoms with van der Waals surface area (Å²) in [4.78, 5) is 24.6. The Hall–Kier alpha value is -2.69. The minimum atomic E-state index is 0.549. The van der Waals surface area contributed by atoms with Crippen molar-refractivity contribution in [3.63, 3.8) is 0 Å². The molecule has 5 heteroatoms. The molecular formula is C20H26N4O. The average Bonchev–Trinajstić information content (AvgIpc) is 2.61. The summed E-state index contributed by atoms with van der Waals surface area (Å²) in [6.45, 7) is 7.62. The highest BCUT2D eigenvalue weighted by Gasteiger charge is 2.13. The van der Waals surface area contributed by atoms with Crippen molar-refractivity contribution in [2.75, 3.05) is 25.5 Å². The third kappa shape index (κ3) is 4.66. The molecule has 0 unspecified atom stereocenters. The maximum Gasteiger partial charge on any atom is 0.153 e. The Morgan fingerprint density at radius 2 is 1.92 bits per heavy atom. The largest absolute Gasteiger partial charge is 0.366 e. The van der Waals surface area contributed by atoms with E-state index in [0.717, 1.165) is 24.2 Å². The molecule has 0 fully saturated rings. The van der Waals surface area contributed by atoms with E-state index in [1.807, 2.05) is 43.0 Å². The first-order valence-corrected chi connectivity index (χ1v) is 8.43. The van der Waals surface area contributed by atoms with E-state index in [9.17, 15) is 4.79 Å². The zero-order valence-corrected chi connectivity index (χ0v) is 15.7. The van der Waals surface area contributed by atoms with Crippen molar-refractivity contribution >= 4 is 24.1 Å². The second-order valence-corrected chi connectivity index (χ2v) is 6.22. The molecule has 1 aromatic heterocycles. The van der Waals surface area contributed by atoms with Gasteiger partial charge in [-0.25, -0.2) is 9.98 Å². The highest BCUT2D eigenvalue weighted by atomic mass is 16.1. The minimum absolute atomic E-state index is 0.549. The molecule has 2 aromatic rings. The van der Waals surface area contributed by atoms with Crippen LogP contribution >= 0.6 is 0 Å². The van der Waals surface area contributed by atoms with Gasteiger partial charge in [-0.1, -0.05) is 24.3 Å². The van der Waals surface area contributed by atoms with E-state index >= 15 is 0 Å². The summed E-state index contributed by atoms with van der Waals surface area (Å²) in [6, 6.07) is 10.0. The highest BCUT2D eigenvalue weighted by molar-refractivity contribution is 5.85. The molecule has 0 atom stereocenters. The van der Waals surface area contributed by atoms with Crippen LogP contribution in [0.5, 0.6) is 0 Å². The quantitative estimate of drug-likeness (QED) is 0.438. The summed E-state index contributed by atoms with van der Waals surface area (Å²) in [6.07, 6.45) is 2.61. The molecule has 0 bridgehead atoms. The number of carbonyl (C=O) groups excluding carboxylic acids is 1. The van der Waals surface area contributed by atoms with Crippen LogP contribution in [0, 0.1) is 13.8 Å². The fraction of sp³-hybridized carbons (Fsp3) is 0.350. The normalized spacial score (nSPS) is 10.9. The van der Waals surface area contributed by atoms with Gasteiger partial charge in [0, 0.05) is 27.2 Å². The first kappa shape index (κ1) is 18.6. The molecule has 25 heavy (non-hydrogen) atoms. The molecule has 0 aliphatic rings. The molecule has 1 aromatic carbocycles. The summed E-state index contributed by atoms with van der Waals surface area (Å²) in [5.74, 6) is 0.679. The van der Waals surface area contributed by atoms with Crippen molar-refractivity contribution in [3.05, 3.63) is 52.7 Å². The van der Waals surface area contributed by atoms with Crippen LogP contribution in [0.15, 0.2) is 35.3 Å². The van der Waals surface area contributed by atoms with E-state index in [2.05, 4.69) is 36.0 Å². The molecule has 0 spiro atoms. The third-order valence-electron chi connectivity index (χ3n) is 4.24. The number of benzene rings is 1. The van der Waals surface area contributed by atoms with Crippen molar-refractivity contribution in [2.45, 2.75) is 27.3 Å². The summed E-state index contributed by atoms with van der Waals surface area (Å²) >= 11 is 0. The van der Waals surface area contributed by atoms with E-state index in [-0.39, 0.29) is 0 Å². The fourth-order valence-corrected chi connectivity index (χ4v) is 2.48. The van der Waals surface area contributed by atoms with Gasteiger partial charge in [-0.2, -0.15) is 0 Å². The Bertz CT molecular complexity index is 770. The average molecular weight is 338 g/mol. The van der Waals surface area contributed by atoms with Crippen LogP contribution in [0.3, 0.4) is 0 Å². The zero-order chi connectivity index (χ0) is 18.4. The maximum atomic E-state index is 11.6. The van der Waals surface area contributed by atoms with Crippen LogP contribution in [0.4, 0.5) is 11.5 Å². The smallest absolute Gasteiger partial charge is 0.153 e. The van der Waals surface area contributed by atoms with Crippen molar-refractivity contribution in [1.29, 1.82) is 0 Å². The first-order chi connectivity index (χ1) is 12.0. The number of hydrogen-bond acceptors (Lipinski definition) is 4. The Balaban J connectivity index is 2.31. The number of aryl methyl sites for hydroxylation is 2. The fourth-order valence-electron chi connectivity index (χ4n) is 2.48. The summed E-state index contributed by atoms with van der Waals surface area (Å²) in [5, 5.41) is 0. The predicted molar refractivity (Wildman–Crippen MR) is 104 cm³/mol. The Morgan fingerprint density at radius 1 is 1.20 bits per heavy atom. The van der Waals surface area contributed by atoms with Gasteiger partial charge in [0.05, 0.1) is 23.3 Å². The lowest BCUT2D eigenvalue weighted by Gasteiger charge is -2.22. The zero-order valence-electron chi connectivity index (χ0n) is 15.7. The molecule has 0 amide bonds. The number of aldehydes is 1. The summed E-state index contributed by atoms with van der Waals surface area (Å²) < 4.78 is 0. The molecule has 0 aliphatic heterocycles. The van der Waals surface area contributed by atoms with Crippen LogP contribution in [0.1, 0.15) is 34.1 Å². The second kappa shape index (κ2) is 8.42. The number of hydrogen-bond donors (Lipinski definition) is 0. The van der Waals surface area contributed by atoms with Gasteiger partial charge in [-0.15, -0.1) is 0 Å². The molecule has 5 nitrogen and oxygen atoms in total. The number of aromatic nitrogens is 1. The van der Waals surface area contributed by atoms with E-state index < -0.39 is 0 Å². The highest BCUT2D eigenvalue weighted by Crippen LogP contribution is 2.26. The molecule has 0 radical (unpaired) electrons. The first-order valence-electron chi connectivity index (χ1n) is 8.43. The van der Waals surface area contributed by atoms with Gasteiger partial charge >= 0.3 is 0 Å². The third-order valence-corrected chi connectivity index (χ3v) is 4.24. The summed E-state index contributed by atoms with van der Waals surface area (Å²) in [5.41, 5.74) is 4.51. The van der Waals surface area contributed by atoms with Crippen molar-refractivity contribution < 1.29 is 4.79 Å². The number of aliphatic imine (C=N–C) groups is 1. The summed E-state index contributed by atoms with van der Waals surface area (Å²) in [7, 11) is 3.91. The molecule has 0 aliphatic carbocycles. The van der Waals surface area contributed by atoms with E-state index in [4.69, 9.17) is 0 Å². The number of nitrogens with zero attached hydrogens (tertiary/aromatic N) is 4. The van der Waals surface area contributed by atoms with Gasteiger partial charge in [0.25, 0.3) is 0 Å². The van der Waals surface area contributed by atoms with Gasteiger partial charge in [0.2, 0.25) is 0 Å². The standard InChI is InChI=1S/C20H26N4O/c1-6-23(4)14-21-19-11-18(13-25)20(22-16(19)3)24(5)12-17-10-8-7-9-15(17)2/h7-11,13-14H,6,12H2,1-5H3/b21-14+. The topological polar surface area (TPSA) is 48.8 Å². The van der Waals surface area contributed by atoms with Gasteiger partial charge in [0.15, 0.2) is 6.29 Å². The lowest BCUT2D eigenvalue weighted by Crippen LogP contribution is -2.20. The van der Waals surface area contributed by atoms with Crippen molar-refractivity contribution in [1.82, 2.24) is 9.88 Å². The molecule has 0 saturated heterocycles. The monoisotopic (exact) mass is 338 g/mol. The van der Waals surface area contributed by atoms with Crippen LogP contribution < -0.4 is 4.90 Å². The Morgan fingerprint density at radius 3 is 2.56 bits per heavy atom. The lowest BCUT2D eigenvalue weighted by atomic mass is 10.1. The lowest BCUT2D eigenvalue weighted by molar-refractivity contribution is 0.112. The molecule has 132 valence electrons. The Labute approximate surface area is 150 Å². The Kier molecular flexibility index (Phi) is 6.28. The number of anilines is 1. The van der Waals surface area contributed by atoms with Gasteiger partial charge in [-0.3, -0.25) is 4.79 Å². The van der Waals surface area contributed by atoms with Crippen LogP contribution in [0.2, 0.25) is 0 Å². The molecule has 0 N–H and O–H groups in total. The number of carbonyl (C=O) groups is 1. The van der Waals surface area contributed by atoms with Crippen LogP contribution in [0.25, 0.3) is 0 Å². The SMILES string of the molecule is CCN(C)/C=N/c1cc(C=O)c(N(C)Cc2ccccc2C)nc1C. The molecular weight excluding hydrogens is 312 g/mol.